The van der Waals surface area contributed by atoms with Gasteiger partial charge in [-0.2, -0.15) is 5.10 Å². The van der Waals surface area contributed by atoms with Crippen LogP contribution < -0.4 is 16.3 Å². The van der Waals surface area contributed by atoms with E-state index in [9.17, 15) is 4.79 Å². The van der Waals surface area contributed by atoms with Crippen molar-refractivity contribution in [2.45, 2.75) is 71.4 Å². The van der Waals surface area contributed by atoms with Gasteiger partial charge in [0, 0.05) is 39.6 Å². The van der Waals surface area contributed by atoms with Gasteiger partial charge in [-0.3, -0.25) is 9.56 Å². The van der Waals surface area contributed by atoms with Crippen molar-refractivity contribution in [3.8, 4) is 0 Å². The van der Waals surface area contributed by atoms with Gasteiger partial charge in [-0.15, -0.1) is 0 Å². The Bertz CT molecular complexity index is 650. The molecule has 1 saturated carbocycles. The molecule has 3 rings (SSSR count). The molecular weight excluding hydrogens is 316 g/mol. The maximum atomic E-state index is 12.3. The van der Waals surface area contributed by atoms with Crippen molar-refractivity contribution in [1.29, 1.82) is 0 Å². The molecular formula is C18H32N6O. The minimum atomic E-state index is 0.0482. The van der Waals surface area contributed by atoms with Gasteiger partial charge in [0.05, 0.1) is 0 Å². The summed E-state index contributed by atoms with van der Waals surface area (Å²) < 4.78 is 3.46. The molecule has 2 N–H and O–H groups in total. The van der Waals surface area contributed by atoms with E-state index in [1.807, 2.05) is 11.6 Å². The summed E-state index contributed by atoms with van der Waals surface area (Å²) in [4.78, 5) is 16.6. The highest BCUT2D eigenvalue weighted by molar-refractivity contribution is 5.79. The highest BCUT2D eigenvalue weighted by Crippen LogP contribution is 2.42. The predicted octanol–water partition coefficient (Wildman–Crippen LogP) is 1.52. The fraction of sp³-hybridized carbons (Fsp3) is 0.833. The van der Waals surface area contributed by atoms with Crippen molar-refractivity contribution in [3.63, 3.8) is 0 Å². The summed E-state index contributed by atoms with van der Waals surface area (Å²) in [6.45, 7) is 5.53. The Balaban J connectivity index is 1.41. The molecule has 1 aromatic heterocycles. The lowest BCUT2D eigenvalue weighted by molar-refractivity contribution is 0.131. The summed E-state index contributed by atoms with van der Waals surface area (Å²) in [5.41, 5.74) is 0.521. The average Bonchev–Trinajstić information content (AvgIpc) is 2.92. The van der Waals surface area contributed by atoms with Crippen molar-refractivity contribution in [2.75, 3.05) is 20.1 Å². The largest absolute Gasteiger partial charge is 0.356 e. The van der Waals surface area contributed by atoms with Gasteiger partial charge >= 0.3 is 5.69 Å². The van der Waals surface area contributed by atoms with E-state index in [0.29, 0.717) is 12.0 Å². The molecule has 0 amide bonds. The number of nitrogens with one attached hydrogen (secondary N) is 2. The standard InChI is InChI=1S/C18H32N6O/c1-3-18(9-6-10-18)14-21-16(19-2)20-11-7-13-24-17(25)23-12-5-4-8-15(23)22-24/h3-14H2,1-2H3,(H2,19,20,21). The van der Waals surface area contributed by atoms with Gasteiger partial charge < -0.3 is 10.6 Å². The zero-order valence-electron chi connectivity index (χ0n) is 15.7. The van der Waals surface area contributed by atoms with Gasteiger partial charge in [-0.1, -0.05) is 13.3 Å². The number of aromatic nitrogens is 3. The first-order valence-electron chi connectivity index (χ1n) is 9.78. The van der Waals surface area contributed by atoms with Crippen molar-refractivity contribution < 1.29 is 0 Å². The molecule has 0 bridgehead atoms. The molecule has 0 saturated heterocycles. The molecule has 0 unspecified atom stereocenters. The summed E-state index contributed by atoms with van der Waals surface area (Å²) in [7, 11) is 1.81. The van der Waals surface area contributed by atoms with Crippen LogP contribution in [0.25, 0.3) is 0 Å². The third-order valence-electron chi connectivity index (χ3n) is 5.89. The number of nitrogens with zero attached hydrogens (tertiary/aromatic N) is 4. The van der Waals surface area contributed by atoms with Crippen molar-refractivity contribution in [3.05, 3.63) is 16.3 Å². The molecule has 0 aromatic carbocycles. The third-order valence-corrected chi connectivity index (χ3v) is 5.89. The lowest BCUT2D eigenvalue weighted by Gasteiger charge is -2.41. The number of hydrogen-bond acceptors (Lipinski definition) is 3. The Morgan fingerprint density at radius 2 is 2.12 bits per heavy atom. The van der Waals surface area contributed by atoms with Crippen molar-refractivity contribution in [1.82, 2.24) is 25.0 Å². The van der Waals surface area contributed by atoms with Crippen LogP contribution in [0.1, 0.15) is 57.7 Å². The maximum Gasteiger partial charge on any atom is 0.345 e. The Morgan fingerprint density at radius 3 is 2.76 bits per heavy atom. The number of hydrogen-bond donors (Lipinski definition) is 2. The SMILES string of the molecule is CCC1(CNC(=NC)NCCCn2nc3n(c2=O)CCCC3)CCC1. The molecule has 7 heteroatoms. The molecule has 1 fully saturated rings. The van der Waals surface area contributed by atoms with Crippen LogP contribution in [-0.2, 0) is 19.5 Å². The monoisotopic (exact) mass is 348 g/mol. The van der Waals surface area contributed by atoms with Gasteiger partial charge in [0.1, 0.15) is 5.82 Å². The Labute approximate surface area is 149 Å². The first-order valence-corrected chi connectivity index (χ1v) is 9.78. The lowest BCUT2D eigenvalue weighted by atomic mass is 9.67. The van der Waals surface area contributed by atoms with Crippen LogP contribution in [0.5, 0.6) is 0 Å². The predicted molar refractivity (Wildman–Crippen MR) is 100.0 cm³/mol. The summed E-state index contributed by atoms with van der Waals surface area (Å²) in [6, 6.07) is 0. The van der Waals surface area contributed by atoms with Gasteiger partial charge in [-0.25, -0.2) is 9.48 Å². The molecule has 1 aliphatic carbocycles. The summed E-state index contributed by atoms with van der Waals surface area (Å²) in [5.74, 6) is 1.81. The van der Waals surface area contributed by atoms with E-state index in [2.05, 4.69) is 27.6 Å². The molecule has 2 heterocycles. The minimum Gasteiger partial charge on any atom is -0.356 e. The van der Waals surface area contributed by atoms with Crippen LogP contribution in [-0.4, -0.2) is 40.4 Å². The van der Waals surface area contributed by atoms with Crippen LogP contribution in [0.2, 0.25) is 0 Å². The maximum absolute atomic E-state index is 12.3. The van der Waals surface area contributed by atoms with Crippen molar-refractivity contribution >= 4 is 5.96 Å². The molecule has 1 aliphatic heterocycles. The van der Waals surface area contributed by atoms with E-state index in [4.69, 9.17) is 0 Å². The average molecular weight is 348 g/mol. The Kier molecular flexibility index (Phi) is 5.81. The highest BCUT2D eigenvalue weighted by atomic mass is 16.2. The number of guanidine groups is 1. The number of rotatable bonds is 7. The third kappa shape index (κ3) is 4.07. The second kappa shape index (κ2) is 8.06. The summed E-state index contributed by atoms with van der Waals surface area (Å²) in [5, 5.41) is 11.3. The smallest absolute Gasteiger partial charge is 0.345 e. The summed E-state index contributed by atoms with van der Waals surface area (Å²) >= 11 is 0. The molecule has 0 atom stereocenters. The molecule has 7 nitrogen and oxygen atoms in total. The summed E-state index contributed by atoms with van der Waals surface area (Å²) in [6.07, 6.45) is 9.23. The first kappa shape index (κ1) is 18.0. The molecule has 1 aromatic rings. The van der Waals surface area contributed by atoms with E-state index in [-0.39, 0.29) is 5.69 Å². The molecule has 2 aliphatic rings. The Morgan fingerprint density at radius 1 is 1.28 bits per heavy atom. The number of aliphatic imine (C=N–C) groups is 1. The molecule has 25 heavy (non-hydrogen) atoms. The normalized spacial score (nSPS) is 19.2. The topological polar surface area (TPSA) is 76.2 Å². The van der Waals surface area contributed by atoms with E-state index in [0.717, 1.165) is 57.1 Å². The van der Waals surface area contributed by atoms with Crippen LogP contribution in [0.3, 0.4) is 0 Å². The second-order valence-corrected chi connectivity index (χ2v) is 7.44. The number of aryl methyl sites for hydroxylation is 2. The zero-order valence-corrected chi connectivity index (χ0v) is 15.7. The number of fused-ring (bicyclic) bond motifs is 1. The van der Waals surface area contributed by atoms with E-state index in [1.165, 1.54) is 25.7 Å². The van der Waals surface area contributed by atoms with Crippen molar-refractivity contribution in [2.24, 2.45) is 10.4 Å². The van der Waals surface area contributed by atoms with Crippen LogP contribution >= 0.6 is 0 Å². The van der Waals surface area contributed by atoms with Crippen LogP contribution in [0, 0.1) is 5.41 Å². The zero-order chi connectivity index (χ0) is 17.7. The molecule has 0 radical (unpaired) electrons. The first-order chi connectivity index (χ1) is 12.2. The second-order valence-electron chi connectivity index (χ2n) is 7.44. The molecule has 140 valence electrons. The minimum absolute atomic E-state index is 0.0482. The fourth-order valence-electron chi connectivity index (χ4n) is 3.85. The fourth-order valence-corrected chi connectivity index (χ4v) is 3.85. The Hall–Kier alpha value is -1.79. The van der Waals surface area contributed by atoms with E-state index in [1.54, 1.807) is 4.68 Å². The quantitative estimate of drug-likeness (QED) is 0.445. The molecule has 0 spiro atoms. The van der Waals surface area contributed by atoms with Crippen LogP contribution in [0.15, 0.2) is 9.79 Å². The van der Waals surface area contributed by atoms with Gasteiger partial charge in [0.2, 0.25) is 0 Å². The van der Waals surface area contributed by atoms with Gasteiger partial charge in [-0.05, 0) is 43.9 Å². The van der Waals surface area contributed by atoms with Gasteiger partial charge in [0.15, 0.2) is 5.96 Å². The van der Waals surface area contributed by atoms with Gasteiger partial charge in [0.25, 0.3) is 0 Å². The highest BCUT2D eigenvalue weighted by Gasteiger charge is 2.34. The lowest BCUT2D eigenvalue weighted by Crippen LogP contribution is -2.46. The van der Waals surface area contributed by atoms with E-state index >= 15 is 0 Å². The van der Waals surface area contributed by atoms with E-state index < -0.39 is 0 Å². The van der Waals surface area contributed by atoms with Crippen LogP contribution in [0.4, 0.5) is 0 Å².